The second-order valence-corrected chi connectivity index (χ2v) is 7.79. The SMILES string of the molecule is C=CCN1C(=S)NC(c2ccc(OC)cc2)C(c2nc(-c3cccs3)no2)=C1C. The summed E-state index contributed by atoms with van der Waals surface area (Å²) in [5.41, 5.74) is 2.87. The van der Waals surface area contributed by atoms with Gasteiger partial charge >= 0.3 is 0 Å². The highest BCUT2D eigenvalue weighted by molar-refractivity contribution is 7.80. The van der Waals surface area contributed by atoms with Crippen molar-refractivity contribution in [2.75, 3.05) is 13.7 Å². The smallest absolute Gasteiger partial charge is 0.258 e. The van der Waals surface area contributed by atoms with Crippen LogP contribution in [0.15, 0.2) is 64.7 Å². The lowest BCUT2D eigenvalue weighted by atomic mass is 9.94. The van der Waals surface area contributed by atoms with E-state index in [1.165, 1.54) is 0 Å². The summed E-state index contributed by atoms with van der Waals surface area (Å²) in [4.78, 5) is 7.61. The molecule has 3 aromatic rings. The summed E-state index contributed by atoms with van der Waals surface area (Å²) in [6.07, 6.45) is 1.81. The van der Waals surface area contributed by atoms with Crippen molar-refractivity contribution in [2.45, 2.75) is 13.0 Å². The quantitative estimate of drug-likeness (QED) is 0.456. The third-order valence-electron chi connectivity index (χ3n) is 4.76. The van der Waals surface area contributed by atoms with Gasteiger partial charge in [-0.05, 0) is 48.3 Å². The molecule has 148 valence electrons. The first-order valence-corrected chi connectivity index (χ1v) is 10.3. The molecule has 0 radical (unpaired) electrons. The Hall–Kier alpha value is -2.97. The monoisotopic (exact) mass is 424 g/mol. The van der Waals surface area contributed by atoms with Crippen LogP contribution in [0, 0.1) is 0 Å². The molecule has 6 nitrogen and oxygen atoms in total. The molecule has 3 heterocycles. The molecule has 1 aliphatic heterocycles. The number of thiocarbonyl (C=S) groups is 1. The minimum Gasteiger partial charge on any atom is -0.497 e. The maximum absolute atomic E-state index is 5.68. The van der Waals surface area contributed by atoms with Crippen molar-refractivity contribution >= 4 is 34.2 Å². The van der Waals surface area contributed by atoms with Gasteiger partial charge in [0.2, 0.25) is 5.82 Å². The fraction of sp³-hybridized carbons (Fsp3) is 0.190. The van der Waals surface area contributed by atoms with E-state index in [4.69, 9.17) is 21.5 Å². The summed E-state index contributed by atoms with van der Waals surface area (Å²) in [7, 11) is 1.65. The second-order valence-electron chi connectivity index (χ2n) is 6.45. The zero-order valence-corrected chi connectivity index (χ0v) is 17.7. The van der Waals surface area contributed by atoms with E-state index in [9.17, 15) is 0 Å². The lowest BCUT2D eigenvalue weighted by molar-refractivity contribution is 0.399. The van der Waals surface area contributed by atoms with E-state index < -0.39 is 0 Å². The predicted octanol–water partition coefficient (Wildman–Crippen LogP) is 4.66. The highest BCUT2D eigenvalue weighted by atomic mass is 32.1. The number of hydrogen-bond acceptors (Lipinski definition) is 6. The molecular formula is C21H20N4O2S2. The van der Waals surface area contributed by atoms with Crippen molar-refractivity contribution < 1.29 is 9.26 Å². The zero-order valence-electron chi connectivity index (χ0n) is 16.1. The number of aromatic nitrogens is 2. The van der Waals surface area contributed by atoms with Crippen molar-refractivity contribution in [3.8, 4) is 16.5 Å². The van der Waals surface area contributed by atoms with Gasteiger partial charge in [-0.3, -0.25) is 0 Å². The van der Waals surface area contributed by atoms with Gasteiger partial charge in [-0.1, -0.05) is 29.4 Å². The zero-order chi connectivity index (χ0) is 20.4. The lowest BCUT2D eigenvalue weighted by Gasteiger charge is -2.36. The minimum absolute atomic E-state index is 0.217. The molecule has 0 amide bonds. The lowest BCUT2D eigenvalue weighted by Crippen LogP contribution is -2.45. The topological polar surface area (TPSA) is 63.4 Å². The Balaban J connectivity index is 1.81. The van der Waals surface area contributed by atoms with Gasteiger partial charge < -0.3 is 19.5 Å². The summed E-state index contributed by atoms with van der Waals surface area (Å²) >= 11 is 7.18. The maximum atomic E-state index is 5.68. The highest BCUT2D eigenvalue weighted by Crippen LogP contribution is 2.38. The van der Waals surface area contributed by atoms with Crippen LogP contribution in [0.3, 0.4) is 0 Å². The number of nitrogens with zero attached hydrogens (tertiary/aromatic N) is 3. The molecule has 0 spiro atoms. The van der Waals surface area contributed by atoms with Crippen molar-refractivity contribution in [2.24, 2.45) is 0 Å². The normalized spacial score (nSPS) is 16.7. The average Bonchev–Trinajstić information content (AvgIpc) is 3.42. The molecule has 0 aliphatic carbocycles. The van der Waals surface area contributed by atoms with Crippen molar-refractivity contribution in [1.29, 1.82) is 0 Å². The van der Waals surface area contributed by atoms with Gasteiger partial charge in [0.15, 0.2) is 5.11 Å². The van der Waals surface area contributed by atoms with E-state index in [1.54, 1.807) is 18.4 Å². The highest BCUT2D eigenvalue weighted by Gasteiger charge is 2.33. The number of methoxy groups -OCH3 is 1. The number of ether oxygens (including phenoxy) is 1. The Morgan fingerprint density at radius 1 is 1.34 bits per heavy atom. The van der Waals surface area contributed by atoms with Gasteiger partial charge in [0.1, 0.15) is 5.75 Å². The van der Waals surface area contributed by atoms with Crippen LogP contribution >= 0.6 is 23.6 Å². The predicted molar refractivity (Wildman–Crippen MR) is 119 cm³/mol. The number of thiophene rings is 1. The molecule has 1 aromatic carbocycles. The Labute approximate surface area is 178 Å². The van der Waals surface area contributed by atoms with Crippen molar-refractivity contribution in [3.63, 3.8) is 0 Å². The minimum atomic E-state index is -0.217. The van der Waals surface area contributed by atoms with Crippen LogP contribution in [0.1, 0.15) is 24.4 Å². The fourth-order valence-corrected chi connectivity index (χ4v) is 4.27. The van der Waals surface area contributed by atoms with Crippen molar-refractivity contribution in [1.82, 2.24) is 20.4 Å². The first-order chi connectivity index (χ1) is 14.1. The van der Waals surface area contributed by atoms with Crippen LogP contribution in [0.4, 0.5) is 0 Å². The van der Waals surface area contributed by atoms with E-state index in [0.29, 0.717) is 23.4 Å². The van der Waals surface area contributed by atoms with Crippen LogP contribution in [-0.2, 0) is 0 Å². The molecule has 4 rings (SSSR count). The van der Waals surface area contributed by atoms with Crippen LogP contribution in [0.25, 0.3) is 16.3 Å². The van der Waals surface area contributed by atoms with Gasteiger partial charge in [-0.15, -0.1) is 17.9 Å². The number of nitrogens with one attached hydrogen (secondary N) is 1. The van der Waals surface area contributed by atoms with Gasteiger partial charge in [0, 0.05) is 12.2 Å². The van der Waals surface area contributed by atoms with Crippen LogP contribution in [-0.4, -0.2) is 33.8 Å². The third kappa shape index (κ3) is 3.68. The van der Waals surface area contributed by atoms with Crippen molar-refractivity contribution in [3.05, 3.63) is 71.6 Å². The largest absolute Gasteiger partial charge is 0.497 e. The van der Waals surface area contributed by atoms with Crippen LogP contribution in [0.5, 0.6) is 5.75 Å². The summed E-state index contributed by atoms with van der Waals surface area (Å²) in [6.45, 7) is 6.44. The maximum Gasteiger partial charge on any atom is 0.258 e. The molecule has 1 unspecified atom stereocenters. The molecule has 0 saturated heterocycles. The first-order valence-electron chi connectivity index (χ1n) is 9.04. The average molecular weight is 425 g/mol. The van der Waals surface area contributed by atoms with Crippen LogP contribution < -0.4 is 10.1 Å². The number of allylic oxidation sites excluding steroid dienone is 1. The van der Waals surface area contributed by atoms with E-state index >= 15 is 0 Å². The molecule has 0 fully saturated rings. The van der Waals surface area contributed by atoms with E-state index in [2.05, 4.69) is 22.0 Å². The summed E-state index contributed by atoms with van der Waals surface area (Å²) in [5, 5.41) is 10.2. The van der Waals surface area contributed by atoms with Crippen LogP contribution in [0.2, 0.25) is 0 Å². The van der Waals surface area contributed by atoms with E-state index in [0.717, 1.165) is 27.5 Å². The first kappa shape index (κ1) is 19.4. The Kier molecular flexibility index (Phi) is 5.46. The molecule has 8 heteroatoms. The molecule has 1 N–H and O–H groups in total. The molecule has 1 atom stereocenters. The third-order valence-corrected chi connectivity index (χ3v) is 5.96. The van der Waals surface area contributed by atoms with Gasteiger partial charge in [0.05, 0.1) is 23.6 Å². The molecule has 29 heavy (non-hydrogen) atoms. The molecule has 0 bridgehead atoms. The number of hydrogen-bond donors (Lipinski definition) is 1. The van der Waals surface area contributed by atoms with E-state index in [-0.39, 0.29) is 6.04 Å². The fourth-order valence-electron chi connectivity index (χ4n) is 3.29. The number of rotatable bonds is 6. The second kappa shape index (κ2) is 8.18. The molecule has 0 saturated carbocycles. The van der Waals surface area contributed by atoms with Gasteiger partial charge in [0.25, 0.3) is 5.89 Å². The summed E-state index contributed by atoms with van der Waals surface area (Å²) in [6, 6.07) is 11.6. The Bertz CT molecular complexity index is 1050. The Morgan fingerprint density at radius 2 is 2.14 bits per heavy atom. The Morgan fingerprint density at radius 3 is 2.79 bits per heavy atom. The van der Waals surface area contributed by atoms with Gasteiger partial charge in [-0.2, -0.15) is 4.98 Å². The summed E-state index contributed by atoms with van der Waals surface area (Å²) < 4.78 is 11.0. The number of benzene rings is 1. The standard InChI is InChI=1S/C21H20N4O2S2/c1-4-11-25-13(2)17(20-23-19(24-27-20)16-6-5-12-29-16)18(22-21(25)28)14-7-9-15(26-3)10-8-14/h4-10,12,18H,1,11H2,2-3H3,(H,22,28). The van der Waals surface area contributed by atoms with E-state index in [1.807, 2.05) is 59.7 Å². The molecule has 1 aliphatic rings. The molecule has 2 aromatic heterocycles. The summed E-state index contributed by atoms with van der Waals surface area (Å²) in [5.74, 6) is 1.84. The van der Waals surface area contributed by atoms with Gasteiger partial charge in [-0.25, -0.2) is 0 Å². The molecular weight excluding hydrogens is 404 g/mol.